The molecule has 0 bridgehead atoms. The third kappa shape index (κ3) is 14.6. The molecule has 0 heterocycles. The molecule has 10 N–H and O–H groups in total. The van der Waals surface area contributed by atoms with Crippen molar-refractivity contribution in [3.8, 4) is 11.5 Å². The summed E-state index contributed by atoms with van der Waals surface area (Å²) in [7, 11) is -33.7. The van der Waals surface area contributed by atoms with E-state index in [0.717, 1.165) is 24.3 Å². The molecule has 2 atom stereocenters. The molecule has 0 aliphatic carbocycles. The zero-order valence-corrected chi connectivity index (χ0v) is 46.8. The van der Waals surface area contributed by atoms with Crippen LogP contribution < -0.4 is 10.6 Å². The lowest BCUT2D eigenvalue weighted by atomic mass is 10.1. The van der Waals surface area contributed by atoms with Crippen molar-refractivity contribution in [2.45, 2.75) is 29.4 Å². The topological polar surface area (TPSA) is 527 Å². The summed E-state index contributed by atoms with van der Waals surface area (Å²) in [6, 6.07) is 5.80. The lowest BCUT2D eigenvalue weighted by molar-refractivity contribution is -0.114. The largest absolute Gasteiger partial charge is 0.505 e. The number of nitrogens with zero attached hydrogens (tertiary/aromatic N) is 4. The molecule has 432 valence electrons. The van der Waals surface area contributed by atoms with Gasteiger partial charge in [0.1, 0.15) is 52.3 Å². The summed E-state index contributed by atoms with van der Waals surface area (Å²) in [6.45, 7) is -0.535. The van der Waals surface area contributed by atoms with E-state index in [1.54, 1.807) is 0 Å². The number of anilines is 2. The van der Waals surface area contributed by atoms with Gasteiger partial charge in [0.2, 0.25) is 11.8 Å². The molecule has 0 aromatic heterocycles. The van der Waals surface area contributed by atoms with E-state index >= 15 is 0 Å². The normalized spacial score (nSPS) is 13.8. The molecule has 6 rings (SSSR count). The average Bonchev–Trinajstić information content (AvgIpc) is 3.31. The first-order valence-electron chi connectivity index (χ1n) is 20.6. The Morgan fingerprint density at radius 1 is 0.450 bits per heavy atom. The number of alkyl halides is 2. The highest BCUT2D eigenvalue weighted by molar-refractivity contribution is 7.87. The van der Waals surface area contributed by atoms with Crippen LogP contribution in [0.3, 0.4) is 0 Å². The molecule has 42 heteroatoms. The summed E-state index contributed by atoms with van der Waals surface area (Å²) < 4.78 is 248. The third-order valence-electron chi connectivity index (χ3n) is 10.1. The lowest BCUT2D eigenvalue weighted by Gasteiger charge is -2.15. The van der Waals surface area contributed by atoms with Crippen molar-refractivity contribution < 1.29 is 114 Å². The molecule has 0 saturated carbocycles. The van der Waals surface area contributed by atoms with Crippen molar-refractivity contribution >= 4 is 184 Å². The fourth-order valence-corrected chi connectivity index (χ4v) is 13.2. The highest BCUT2D eigenvalue weighted by atomic mass is 35.5. The van der Waals surface area contributed by atoms with Crippen molar-refractivity contribution in [1.29, 1.82) is 0 Å². The zero-order valence-electron chi connectivity index (χ0n) is 38.8. The Morgan fingerprint density at radius 2 is 0.775 bits per heavy atom. The van der Waals surface area contributed by atoms with Crippen LogP contribution in [0.4, 0.5) is 34.1 Å². The molecular weight excluding hydrogens is 1280 g/mol. The Bertz CT molecular complexity index is 4170. The smallest absolute Gasteiger partial charge is 0.297 e. The van der Waals surface area contributed by atoms with Gasteiger partial charge in [-0.2, -0.15) is 60.7 Å². The fraction of sp³-hybridized carbons (Fsp3) is 0.158. The second-order valence-corrected chi connectivity index (χ2v) is 26.8. The predicted molar refractivity (Wildman–Crippen MR) is 279 cm³/mol. The fourth-order valence-electron chi connectivity index (χ4n) is 7.17. The molecular formula is C38H32Cl2N6O26S8. The van der Waals surface area contributed by atoms with Crippen LogP contribution in [-0.2, 0) is 101 Å². The average molecular weight is 1320 g/mol. The van der Waals surface area contributed by atoms with Crippen LogP contribution in [0.25, 0.3) is 32.3 Å². The highest BCUT2D eigenvalue weighted by Gasteiger charge is 2.31. The van der Waals surface area contributed by atoms with E-state index < -0.39 is 214 Å². The van der Waals surface area contributed by atoms with E-state index in [9.17, 15) is 106 Å². The molecule has 80 heavy (non-hydrogen) atoms. The number of benzene rings is 6. The van der Waals surface area contributed by atoms with Crippen LogP contribution in [0.2, 0.25) is 0 Å². The number of hydrogen-bond donors (Lipinski definition) is 10. The van der Waals surface area contributed by atoms with Gasteiger partial charge in [-0.05, 0) is 60.7 Å². The van der Waals surface area contributed by atoms with E-state index in [0.29, 0.717) is 36.4 Å². The van der Waals surface area contributed by atoms with Gasteiger partial charge in [0.15, 0.2) is 33.7 Å². The van der Waals surface area contributed by atoms with Gasteiger partial charge in [0, 0.05) is 44.1 Å². The van der Waals surface area contributed by atoms with E-state index in [1.165, 1.54) is 0 Å². The van der Waals surface area contributed by atoms with Gasteiger partial charge in [-0.1, -0.05) is 0 Å². The molecule has 2 unspecified atom stereocenters. The monoisotopic (exact) mass is 1310 g/mol. The Kier molecular flexibility index (Phi) is 18.9. The van der Waals surface area contributed by atoms with E-state index in [-0.39, 0.29) is 25.0 Å². The molecule has 6 aromatic carbocycles. The van der Waals surface area contributed by atoms with Crippen LogP contribution in [-0.4, -0.2) is 145 Å². The first-order chi connectivity index (χ1) is 36.9. The van der Waals surface area contributed by atoms with Crippen molar-refractivity contribution in [2.75, 3.05) is 47.1 Å². The number of azo groups is 2. The van der Waals surface area contributed by atoms with Crippen molar-refractivity contribution in [1.82, 2.24) is 0 Å². The van der Waals surface area contributed by atoms with E-state index in [1.807, 2.05) is 10.6 Å². The minimum atomic E-state index is -5.68. The van der Waals surface area contributed by atoms with Gasteiger partial charge in [-0.25, -0.2) is 8.42 Å². The maximum absolute atomic E-state index is 12.9. The molecule has 0 fully saturated rings. The molecule has 0 radical (unpaired) electrons. The number of carbonyl (C=O) groups excluding carboxylic acids is 2. The number of rotatable bonds is 22. The molecule has 6 aromatic rings. The second kappa shape index (κ2) is 23.9. The number of amides is 2. The maximum Gasteiger partial charge on any atom is 0.297 e. The number of aromatic hydroxyl groups is 2. The maximum atomic E-state index is 12.9. The minimum Gasteiger partial charge on any atom is -0.505 e. The molecule has 0 spiro atoms. The van der Waals surface area contributed by atoms with Crippen molar-refractivity contribution in [3.63, 3.8) is 0 Å². The van der Waals surface area contributed by atoms with Gasteiger partial charge in [-0.15, -0.1) is 33.4 Å². The summed E-state index contributed by atoms with van der Waals surface area (Å²) in [4.78, 5) is 16.9. The second-order valence-electron chi connectivity index (χ2n) is 15.5. The Labute approximate surface area is 464 Å². The van der Waals surface area contributed by atoms with Gasteiger partial charge in [-0.3, -0.25) is 45.3 Å². The zero-order chi connectivity index (χ0) is 59.8. The SMILES string of the molecule is O=C(CS(=O)OCCCl)Nc1ccc2c(O)c(N=Nc3cc(S(=O)(=O)O)c4cc(N=Nc5c(S(=O)(=O)O)cc6c(S(=O)(=O)O)c(NC(=O)CS(=O)OCCCl)ccc6c5O)cc(S(=O)(=O)O)c4c3)c(S(=O)(=O)O)cc2c1S(=O)(=O)O. The molecule has 0 saturated heterocycles. The summed E-state index contributed by atoms with van der Waals surface area (Å²) in [5, 5.41) is 35.8. The number of fused-ring (bicyclic) bond motifs is 3. The Hall–Kier alpha value is -5.90. The molecule has 0 aliphatic heterocycles. The van der Waals surface area contributed by atoms with Gasteiger partial charge >= 0.3 is 0 Å². The molecule has 2 amide bonds. The van der Waals surface area contributed by atoms with Gasteiger partial charge in [0.05, 0.1) is 36.0 Å². The number of hydrogen-bond acceptors (Lipinski definition) is 24. The summed E-state index contributed by atoms with van der Waals surface area (Å²) in [6.07, 6.45) is 0. The van der Waals surface area contributed by atoms with E-state index in [2.05, 4.69) is 20.5 Å². The highest BCUT2D eigenvalue weighted by Crippen LogP contribution is 2.47. The van der Waals surface area contributed by atoms with Crippen molar-refractivity contribution in [3.05, 3.63) is 60.7 Å². The molecule has 32 nitrogen and oxygen atoms in total. The standard InChI is InChI=1S/C38H32Cl2N6O26S8/c39-5-7-71-73(51)15-31(47)41-25-3-1-19-23(37(25)79(65,66)67)13-29(77(59,60)61)33(35(19)49)45-43-17-9-21-22(27(11-17)75(53,54)55)10-18(12-28(21)76(56,57)58)44-46-34-30(78(62,63)64)14-24-20(36(34)50)2-4-26(38(24)80(68,69)70)42-32(48)16-74(52)72-8-6-40/h1-4,9-14,49-50H,5-8,15-16H2,(H,41,47)(H,42,48)(H,53,54,55)(H,56,57,58)(H,59,60,61)(H,62,63,64)(H,65,66,67)(H,68,69,70). The first-order valence-corrected chi connectivity index (χ1v) is 32.8. The van der Waals surface area contributed by atoms with Crippen LogP contribution in [0.15, 0.2) is 110 Å². The number of phenolic OH excluding ortho intramolecular Hbond substituents is 2. The Balaban J connectivity index is 1.51. The minimum absolute atomic E-state index is 0.128. The number of nitrogens with one attached hydrogen (secondary N) is 2. The summed E-state index contributed by atoms with van der Waals surface area (Å²) >= 11 is 6.27. The number of carbonyl (C=O) groups is 2. The van der Waals surface area contributed by atoms with Crippen LogP contribution in [0.5, 0.6) is 11.5 Å². The lowest BCUT2D eigenvalue weighted by Crippen LogP contribution is -2.22. The molecule has 0 aliphatic rings. The number of phenols is 2. The van der Waals surface area contributed by atoms with E-state index in [4.69, 9.17) is 31.6 Å². The predicted octanol–water partition coefficient (Wildman–Crippen LogP) is 4.58. The third-order valence-corrected chi connectivity index (χ3v) is 17.7. The van der Waals surface area contributed by atoms with Crippen LogP contribution in [0, 0.1) is 0 Å². The summed E-state index contributed by atoms with van der Waals surface area (Å²) in [5.74, 6) is -7.20. The quantitative estimate of drug-likeness (QED) is 0.0252. The number of halogens is 2. The van der Waals surface area contributed by atoms with Crippen LogP contribution in [0.1, 0.15) is 0 Å². The van der Waals surface area contributed by atoms with Gasteiger partial charge in [0.25, 0.3) is 60.7 Å². The Morgan fingerprint density at radius 3 is 1.06 bits per heavy atom. The van der Waals surface area contributed by atoms with Crippen LogP contribution >= 0.6 is 23.2 Å². The first kappa shape index (κ1) is 63.3. The van der Waals surface area contributed by atoms with Gasteiger partial charge < -0.3 is 20.8 Å². The summed E-state index contributed by atoms with van der Waals surface area (Å²) in [5.41, 5.74) is -5.93. The van der Waals surface area contributed by atoms with Crippen molar-refractivity contribution in [2.24, 2.45) is 20.5 Å².